The van der Waals surface area contributed by atoms with E-state index in [1.165, 1.54) is 10.6 Å². The molecule has 2 aromatic heterocycles. The lowest BCUT2D eigenvalue weighted by atomic mass is 9.99. The number of piperidine rings is 1. The minimum absolute atomic E-state index is 0.0213. The molecule has 1 atom stereocenters. The first kappa shape index (κ1) is 24.1. The zero-order chi connectivity index (χ0) is 23.5. The fraction of sp³-hybridized carbons (Fsp3) is 0.545. The van der Waals surface area contributed by atoms with Gasteiger partial charge in [0.1, 0.15) is 16.2 Å². The number of aromatic nitrogens is 1. The third kappa shape index (κ3) is 4.61. The molecule has 2 aromatic rings. The zero-order valence-corrected chi connectivity index (χ0v) is 19.8. The normalized spacial score (nSPS) is 17.3. The van der Waals surface area contributed by atoms with Crippen LogP contribution in [0.1, 0.15) is 54.2 Å². The summed E-state index contributed by atoms with van der Waals surface area (Å²) < 4.78 is 40.9. The van der Waals surface area contributed by atoms with Crippen molar-refractivity contribution in [2.45, 2.75) is 58.5 Å². The second-order valence-corrected chi connectivity index (χ2v) is 9.71. The Morgan fingerprint density at radius 1 is 1.25 bits per heavy atom. The number of amides is 1. The minimum atomic E-state index is -4.01. The van der Waals surface area contributed by atoms with Crippen LogP contribution in [0.5, 0.6) is 0 Å². The van der Waals surface area contributed by atoms with Gasteiger partial charge >= 0.3 is 5.97 Å². The number of nitrogens with one attached hydrogen (secondary N) is 1. The summed E-state index contributed by atoms with van der Waals surface area (Å²) in [5, 5.41) is 2.81. The molecule has 0 radical (unpaired) electrons. The van der Waals surface area contributed by atoms with Gasteiger partial charge in [0.15, 0.2) is 0 Å². The van der Waals surface area contributed by atoms with Crippen molar-refractivity contribution >= 4 is 21.9 Å². The smallest absolute Gasteiger partial charge is 0.341 e. The van der Waals surface area contributed by atoms with Crippen LogP contribution in [0.2, 0.25) is 0 Å². The molecule has 1 N–H and O–H groups in total. The number of furan rings is 1. The van der Waals surface area contributed by atoms with Crippen LogP contribution in [-0.2, 0) is 32.6 Å². The Labute approximate surface area is 188 Å². The van der Waals surface area contributed by atoms with Crippen LogP contribution in [0.25, 0.3) is 0 Å². The van der Waals surface area contributed by atoms with Crippen LogP contribution < -0.4 is 5.32 Å². The molecule has 1 saturated heterocycles. The van der Waals surface area contributed by atoms with E-state index < -0.39 is 21.9 Å². The van der Waals surface area contributed by atoms with E-state index in [0.717, 1.165) is 0 Å². The van der Waals surface area contributed by atoms with Crippen LogP contribution in [-0.4, -0.2) is 48.9 Å². The lowest BCUT2D eigenvalue weighted by Crippen LogP contribution is -2.45. The van der Waals surface area contributed by atoms with Gasteiger partial charge in [0.2, 0.25) is 15.9 Å². The Balaban J connectivity index is 1.87. The number of ether oxygens (including phenoxy) is 1. The summed E-state index contributed by atoms with van der Waals surface area (Å²) in [5.41, 5.74) is 1.14. The van der Waals surface area contributed by atoms with Gasteiger partial charge in [0, 0.05) is 31.0 Å². The van der Waals surface area contributed by atoms with Crippen LogP contribution in [0.15, 0.2) is 27.7 Å². The standard InChI is InChI=1S/C22H31N3O6S/c1-5-25-15(3)19(22(27)30-6-2)20(16(25)4)32(28,29)24-11-7-9-17(14-24)21(26)23-13-18-10-8-12-31-18/h8,10,12,17H,5-7,9,11,13-14H2,1-4H3,(H,23,26). The summed E-state index contributed by atoms with van der Waals surface area (Å²) in [6.45, 7) is 8.28. The van der Waals surface area contributed by atoms with E-state index in [4.69, 9.17) is 9.15 Å². The molecule has 176 valence electrons. The predicted molar refractivity (Wildman–Crippen MR) is 118 cm³/mol. The molecule has 0 saturated carbocycles. The lowest BCUT2D eigenvalue weighted by Gasteiger charge is -2.31. The van der Waals surface area contributed by atoms with Crippen molar-refractivity contribution < 1.29 is 27.2 Å². The van der Waals surface area contributed by atoms with E-state index in [0.29, 0.717) is 43.1 Å². The van der Waals surface area contributed by atoms with Crippen molar-refractivity contribution in [3.05, 3.63) is 41.1 Å². The lowest BCUT2D eigenvalue weighted by molar-refractivity contribution is -0.126. The van der Waals surface area contributed by atoms with Crippen LogP contribution in [0.3, 0.4) is 0 Å². The van der Waals surface area contributed by atoms with E-state index in [1.54, 1.807) is 37.5 Å². The number of rotatable bonds is 8. The Bertz CT molecular complexity index is 1070. The third-order valence-corrected chi connectivity index (χ3v) is 7.92. The van der Waals surface area contributed by atoms with Crippen LogP contribution >= 0.6 is 0 Å². The van der Waals surface area contributed by atoms with Crippen molar-refractivity contribution in [2.24, 2.45) is 5.92 Å². The number of carbonyl (C=O) groups excluding carboxylic acids is 2. The summed E-state index contributed by atoms with van der Waals surface area (Å²) >= 11 is 0. The average Bonchev–Trinajstić information content (AvgIpc) is 3.38. The predicted octanol–water partition coefficient (Wildman–Crippen LogP) is 2.61. The second kappa shape index (κ2) is 9.91. The van der Waals surface area contributed by atoms with Gasteiger partial charge in [-0.05, 0) is 52.7 Å². The molecule has 0 aliphatic carbocycles. The zero-order valence-electron chi connectivity index (χ0n) is 19.0. The number of carbonyl (C=O) groups is 2. The second-order valence-electron chi connectivity index (χ2n) is 7.84. The Morgan fingerprint density at radius 2 is 2.00 bits per heavy atom. The van der Waals surface area contributed by atoms with Crippen LogP contribution in [0, 0.1) is 19.8 Å². The van der Waals surface area contributed by atoms with Crippen molar-refractivity contribution in [2.75, 3.05) is 19.7 Å². The highest BCUT2D eigenvalue weighted by Crippen LogP contribution is 2.32. The maximum atomic E-state index is 13.7. The molecule has 3 heterocycles. The number of nitrogens with zero attached hydrogens (tertiary/aromatic N) is 2. The quantitative estimate of drug-likeness (QED) is 0.600. The molecule has 1 amide bonds. The molecule has 0 spiro atoms. The summed E-state index contributed by atoms with van der Waals surface area (Å²) in [7, 11) is -4.01. The van der Waals surface area contributed by atoms with Gasteiger partial charge in [-0.1, -0.05) is 0 Å². The van der Waals surface area contributed by atoms with E-state index in [-0.39, 0.29) is 36.1 Å². The Hall–Kier alpha value is -2.59. The van der Waals surface area contributed by atoms with Gasteiger partial charge in [0.05, 0.1) is 25.3 Å². The van der Waals surface area contributed by atoms with Crippen molar-refractivity contribution in [1.82, 2.24) is 14.2 Å². The monoisotopic (exact) mass is 465 g/mol. The maximum Gasteiger partial charge on any atom is 0.341 e. The largest absolute Gasteiger partial charge is 0.467 e. The van der Waals surface area contributed by atoms with Crippen molar-refractivity contribution in [3.8, 4) is 0 Å². The molecule has 3 rings (SSSR count). The van der Waals surface area contributed by atoms with Crippen LogP contribution in [0.4, 0.5) is 0 Å². The molecular formula is C22H31N3O6S. The van der Waals surface area contributed by atoms with E-state index >= 15 is 0 Å². The molecule has 0 aromatic carbocycles. The first-order valence-corrected chi connectivity index (χ1v) is 12.3. The molecule has 1 aliphatic rings. The summed E-state index contributed by atoms with van der Waals surface area (Å²) in [5.74, 6) is -0.714. The van der Waals surface area contributed by atoms with Gasteiger partial charge in [0.25, 0.3) is 0 Å². The Morgan fingerprint density at radius 3 is 2.62 bits per heavy atom. The van der Waals surface area contributed by atoms with Gasteiger partial charge < -0.3 is 19.0 Å². The third-order valence-electron chi connectivity index (χ3n) is 5.89. The minimum Gasteiger partial charge on any atom is -0.467 e. The summed E-state index contributed by atoms with van der Waals surface area (Å²) in [4.78, 5) is 25.3. The number of hydrogen-bond donors (Lipinski definition) is 1. The number of sulfonamides is 1. The summed E-state index contributed by atoms with van der Waals surface area (Å²) in [6, 6.07) is 3.50. The van der Waals surface area contributed by atoms with Crippen molar-refractivity contribution in [3.63, 3.8) is 0 Å². The van der Waals surface area contributed by atoms with Gasteiger partial charge in [-0.15, -0.1) is 0 Å². The molecule has 32 heavy (non-hydrogen) atoms. The first-order valence-electron chi connectivity index (χ1n) is 10.9. The van der Waals surface area contributed by atoms with Gasteiger partial charge in [-0.2, -0.15) is 4.31 Å². The molecule has 0 bridgehead atoms. The number of hydrogen-bond acceptors (Lipinski definition) is 6. The molecule has 10 heteroatoms. The number of esters is 1. The fourth-order valence-corrected chi connectivity index (χ4v) is 6.30. The van der Waals surface area contributed by atoms with Gasteiger partial charge in [-0.3, -0.25) is 4.79 Å². The SMILES string of the molecule is CCOC(=O)c1c(S(=O)(=O)N2CCCC(C(=O)NCc3ccco3)C2)c(C)n(CC)c1C. The molecule has 1 unspecified atom stereocenters. The highest BCUT2D eigenvalue weighted by Gasteiger charge is 2.39. The van der Waals surface area contributed by atoms with E-state index in [2.05, 4.69) is 5.32 Å². The van der Waals surface area contributed by atoms with E-state index in [9.17, 15) is 18.0 Å². The maximum absolute atomic E-state index is 13.7. The topological polar surface area (TPSA) is 111 Å². The fourth-order valence-electron chi connectivity index (χ4n) is 4.32. The Kier molecular flexibility index (Phi) is 7.45. The molecule has 1 aliphatic heterocycles. The van der Waals surface area contributed by atoms with E-state index in [1.807, 2.05) is 6.92 Å². The summed E-state index contributed by atoms with van der Waals surface area (Å²) in [6.07, 6.45) is 2.68. The van der Waals surface area contributed by atoms with Gasteiger partial charge in [-0.25, -0.2) is 13.2 Å². The highest BCUT2D eigenvalue weighted by molar-refractivity contribution is 7.89. The van der Waals surface area contributed by atoms with Crippen molar-refractivity contribution in [1.29, 1.82) is 0 Å². The molecule has 1 fully saturated rings. The highest BCUT2D eigenvalue weighted by atomic mass is 32.2. The molecular weight excluding hydrogens is 434 g/mol. The average molecular weight is 466 g/mol. The first-order chi connectivity index (χ1) is 15.2. The molecule has 9 nitrogen and oxygen atoms in total.